The van der Waals surface area contributed by atoms with Gasteiger partial charge in [0.2, 0.25) is 11.7 Å². The van der Waals surface area contributed by atoms with Crippen molar-refractivity contribution in [3.05, 3.63) is 23.8 Å². The van der Waals surface area contributed by atoms with Gasteiger partial charge in [0, 0.05) is 31.3 Å². The van der Waals surface area contributed by atoms with E-state index in [2.05, 4.69) is 25.9 Å². The maximum Gasteiger partial charge on any atom is 0.407 e. The van der Waals surface area contributed by atoms with Crippen molar-refractivity contribution in [1.29, 1.82) is 0 Å². The van der Waals surface area contributed by atoms with E-state index in [1.165, 1.54) is 0 Å². The lowest BCUT2D eigenvalue weighted by Gasteiger charge is -2.25. The summed E-state index contributed by atoms with van der Waals surface area (Å²) in [6, 6.07) is -0.428. The second-order valence-corrected chi connectivity index (χ2v) is 9.46. The molecule has 32 heavy (non-hydrogen) atoms. The van der Waals surface area contributed by atoms with Crippen molar-refractivity contribution in [2.75, 3.05) is 13.2 Å². The molecule has 1 aliphatic rings. The third kappa shape index (κ3) is 7.90. The fourth-order valence-electron chi connectivity index (χ4n) is 3.03. The number of ether oxygens (including phenoxy) is 1. The number of carbonyl (C=O) groups excluding carboxylic acids is 4. The van der Waals surface area contributed by atoms with E-state index in [4.69, 9.17) is 4.74 Å². The zero-order valence-electron chi connectivity index (χ0n) is 19.4. The van der Waals surface area contributed by atoms with E-state index in [9.17, 15) is 19.2 Å². The van der Waals surface area contributed by atoms with Gasteiger partial charge in [-0.25, -0.2) is 14.8 Å². The van der Waals surface area contributed by atoms with Crippen LogP contribution in [0, 0.1) is 11.3 Å². The molecule has 176 valence electrons. The van der Waals surface area contributed by atoms with Gasteiger partial charge in [0.1, 0.15) is 17.9 Å². The number of amides is 3. The molecule has 1 aliphatic heterocycles. The molecular weight excluding hydrogens is 414 g/mol. The minimum Gasteiger partial charge on any atom is -0.449 e. The van der Waals surface area contributed by atoms with Crippen molar-refractivity contribution in [2.45, 2.75) is 66.0 Å². The number of carbonyl (C=O) groups is 4. The van der Waals surface area contributed by atoms with Crippen LogP contribution < -0.4 is 16.0 Å². The average Bonchev–Trinajstić information content (AvgIpc) is 2.72. The van der Waals surface area contributed by atoms with Gasteiger partial charge >= 0.3 is 6.09 Å². The number of aromatic nitrogens is 2. The van der Waals surface area contributed by atoms with Crippen LogP contribution in [-0.4, -0.2) is 58.9 Å². The molecule has 0 fully saturated rings. The van der Waals surface area contributed by atoms with E-state index in [-0.39, 0.29) is 24.4 Å². The van der Waals surface area contributed by atoms with Crippen LogP contribution in [0.5, 0.6) is 0 Å². The maximum atomic E-state index is 13.0. The summed E-state index contributed by atoms with van der Waals surface area (Å²) in [6.45, 7) is 9.77. The molecule has 0 radical (unpaired) electrons. The molecular formula is C22H33N5O5. The first-order chi connectivity index (χ1) is 15.0. The van der Waals surface area contributed by atoms with Gasteiger partial charge in [0.15, 0.2) is 0 Å². The fraction of sp³-hybridized carbons (Fsp3) is 0.636. The van der Waals surface area contributed by atoms with E-state index in [0.29, 0.717) is 30.9 Å². The molecule has 3 amide bonds. The van der Waals surface area contributed by atoms with Gasteiger partial charge < -0.3 is 20.7 Å². The van der Waals surface area contributed by atoms with E-state index in [1.54, 1.807) is 26.1 Å². The molecule has 0 aromatic carbocycles. The van der Waals surface area contributed by atoms with Crippen LogP contribution in [-0.2, 0) is 32.0 Å². The number of alkyl carbamates (subject to hydrolysis) is 1. The first-order valence-electron chi connectivity index (χ1n) is 10.8. The van der Waals surface area contributed by atoms with E-state index < -0.39 is 35.8 Å². The standard InChI is InChI=1S/C22H33N5O5/c1-13(2)17(27-21(31)32-12-22(3,4)5)19(29)26-15-11-14-8-10-23-16(25-14)7-6-9-24-20(30)18(15)28/h8,10,13,15,17H,6-7,9,11-12H2,1-5H3,(H,24,30)(H,26,29)(H,27,31). The second-order valence-electron chi connectivity index (χ2n) is 9.46. The molecule has 0 spiro atoms. The Bertz CT molecular complexity index is 849. The van der Waals surface area contributed by atoms with Crippen LogP contribution in [0.2, 0.25) is 0 Å². The van der Waals surface area contributed by atoms with Gasteiger partial charge in [-0.3, -0.25) is 14.4 Å². The van der Waals surface area contributed by atoms with E-state index in [1.807, 2.05) is 20.8 Å². The lowest BCUT2D eigenvalue weighted by molar-refractivity contribution is -0.140. The summed E-state index contributed by atoms with van der Waals surface area (Å²) in [5.41, 5.74) is 0.319. The van der Waals surface area contributed by atoms with Crippen LogP contribution in [0.25, 0.3) is 0 Å². The van der Waals surface area contributed by atoms with Crippen molar-refractivity contribution in [1.82, 2.24) is 25.9 Å². The number of fused-ring (bicyclic) bond motifs is 2. The number of rotatable bonds is 5. The first-order valence-corrected chi connectivity index (χ1v) is 10.8. The molecule has 0 aliphatic carbocycles. The SMILES string of the molecule is CC(C)C(NC(=O)OCC(C)(C)C)C(=O)NC1Cc2ccnc(n2)CCCNC(=O)C1=O. The van der Waals surface area contributed by atoms with Gasteiger partial charge in [0.25, 0.3) is 5.91 Å². The van der Waals surface area contributed by atoms with Crippen LogP contribution in [0.3, 0.4) is 0 Å². The lowest BCUT2D eigenvalue weighted by atomic mass is 9.99. The number of ketones is 1. The molecule has 10 heteroatoms. The number of hydrogen-bond acceptors (Lipinski definition) is 7. The predicted molar refractivity (Wildman–Crippen MR) is 117 cm³/mol. The Kier molecular flexibility index (Phi) is 8.68. The average molecular weight is 448 g/mol. The highest BCUT2D eigenvalue weighted by molar-refractivity contribution is 6.38. The van der Waals surface area contributed by atoms with Crippen LogP contribution in [0.4, 0.5) is 4.79 Å². The molecule has 1 aromatic rings. The molecule has 2 bridgehead atoms. The van der Waals surface area contributed by atoms with Gasteiger partial charge in [0.05, 0.1) is 6.61 Å². The first kappa shape index (κ1) is 25.2. The largest absolute Gasteiger partial charge is 0.449 e. The number of aryl methyl sites for hydroxylation is 1. The number of nitrogens with one attached hydrogen (secondary N) is 3. The molecule has 2 heterocycles. The molecule has 0 saturated heterocycles. The quantitative estimate of drug-likeness (QED) is 0.571. The minimum absolute atomic E-state index is 0.0345. The van der Waals surface area contributed by atoms with Crippen molar-refractivity contribution in [2.24, 2.45) is 11.3 Å². The highest BCUT2D eigenvalue weighted by atomic mass is 16.5. The van der Waals surface area contributed by atoms with Crippen molar-refractivity contribution >= 4 is 23.7 Å². The Hall–Kier alpha value is -3.04. The highest BCUT2D eigenvalue weighted by Gasteiger charge is 2.32. The smallest absolute Gasteiger partial charge is 0.407 e. The van der Waals surface area contributed by atoms with Crippen LogP contribution >= 0.6 is 0 Å². The van der Waals surface area contributed by atoms with Crippen molar-refractivity contribution < 1.29 is 23.9 Å². The van der Waals surface area contributed by atoms with Crippen LogP contribution in [0.1, 0.15) is 52.6 Å². The second kappa shape index (κ2) is 11.0. The van der Waals surface area contributed by atoms with Gasteiger partial charge in [-0.1, -0.05) is 34.6 Å². The molecule has 2 unspecified atom stereocenters. The van der Waals surface area contributed by atoms with Crippen LogP contribution in [0.15, 0.2) is 12.3 Å². The fourth-order valence-corrected chi connectivity index (χ4v) is 3.03. The maximum absolute atomic E-state index is 13.0. The van der Waals surface area contributed by atoms with Gasteiger partial charge in [-0.15, -0.1) is 0 Å². The molecule has 3 N–H and O–H groups in total. The summed E-state index contributed by atoms with van der Waals surface area (Å²) in [6.07, 6.45) is 2.07. The Morgan fingerprint density at radius 1 is 1.28 bits per heavy atom. The third-order valence-corrected chi connectivity index (χ3v) is 4.75. The summed E-state index contributed by atoms with van der Waals surface area (Å²) >= 11 is 0. The topological polar surface area (TPSA) is 139 Å². The highest BCUT2D eigenvalue weighted by Crippen LogP contribution is 2.13. The summed E-state index contributed by atoms with van der Waals surface area (Å²) in [7, 11) is 0. The Morgan fingerprint density at radius 2 is 2.00 bits per heavy atom. The normalized spacial score (nSPS) is 18.2. The Morgan fingerprint density at radius 3 is 2.66 bits per heavy atom. The monoisotopic (exact) mass is 447 g/mol. The zero-order chi connectivity index (χ0) is 23.9. The Balaban J connectivity index is 2.16. The van der Waals surface area contributed by atoms with E-state index >= 15 is 0 Å². The molecule has 1 aromatic heterocycles. The number of nitrogens with zero attached hydrogens (tertiary/aromatic N) is 2. The summed E-state index contributed by atoms with van der Waals surface area (Å²) in [5.74, 6) is -1.79. The summed E-state index contributed by atoms with van der Waals surface area (Å²) < 4.78 is 5.20. The number of hydrogen-bond donors (Lipinski definition) is 3. The third-order valence-electron chi connectivity index (χ3n) is 4.75. The zero-order valence-corrected chi connectivity index (χ0v) is 19.4. The van der Waals surface area contributed by atoms with Crippen molar-refractivity contribution in [3.8, 4) is 0 Å². The summed E-state index contributed by atoms with van der Waals surface area (Å²) in [4.78, 5) is 58.9. The number of Topliss-reactive ketones (excluding diaryl/α,β-unsaturated/α-hetero) is 1. The predicted octanol–water partition coefficient (Wildman–Crippen LogP) is 0.932. The molecule has 2 rings (SSSR count). The molecule has 0 saturated carbocycles. The molecule has 2 atom stereocenters. The van der Waals surface area contributed by atoms with Crippen molar-refractivity contribution in [3.63, 3.8) is 0 Å². The Labute approximate surface area is 188 Å². The van der Waals surface area contributed by atoms with E-state index in [0.717, 1.165) is 0 Å². The minimum atomic E-state index is -1.13. The summed E-state index contributed by atoms with van der Waals surface area (Å²) in [5, 5.41) is 7.76. The lowest BCUT2D eigenvalue weighted by Crippen LogP contribution is -2.56. The van der Waals surface area contributed by atoms with Gasteiger partial charge in [-0.05, 0) is 23.8 Å². The van der Waals surface area contributed by atoms with Gasteiger partial charge in [-0.2, -0.15) is 0 Å². The molecule has 10 nitrogen and oxygen atoms in total.